The second kappa shape index (κ2) is 8.17. The molecular weight excluding hydrogens is 338 g/mol. The first-order valence-electron chi connectivity index (χ1n) is 8.82. The van der Waals surface area contributed by atoms with Gasteiger partial charge in [0.25, 0.3) is 0 Å². The predicted molar refractivity (Wildman–Crippen MR) is 97.7 cm³/mol. The second-order valence-corrected chi connectivity index (χ2v) is 6.25. The molecule has 0 fully saturated rings. The summed E-state index contributed by atoms with van der Waals surface area (Å²) in [6.45, 7) is 4.26. The number of ether oxygens (including phenoxy) is 1. The average molecular weight is 360 g/mol. The summed E-state index contributed by atoms with van der Waals surface area (Å²) in [6.07, 6.45) is 1.74. The Morgan fingerprint density at radius 1 is 1.23 bits per heavy atom. The van der Waals surface area contributed by atoms with E-state index >= 15 is 0 Å². The van der Waals surface area contributed by atoms with Crippen molar-refractivity contribution in [1.29, 1.82) is 0 Å². The Bertz CT molecular complexity index is 795. The van der Waals surface area contributed by atoms with Gasteiger partial charge in [-0.2, -0.15) is 0 Å². The minimum atomic E-state index is -0.743. The maximum atomic E-state index is 13.4. The summed E-state index contributed by atoms with van der Waals surface area (Å²) in [5.74, 6) is -1.52. The number of nitrogens with one attached hydrogen (secondary N) is 1. The van der Waals surface area contributed by atoms with Gasteiger partial charge in [-0.1, -0.05) is 6.07 Å². The van der Waals surface area contributed by atoms with Crippen molar-refractivity contribution < 1.29 is 18.3 Å². The Morgan fingerprint density at radius 2 is 2.08 bits per heavy atom. The van der Waals surface area contributed by atoms with Crippen LogP contribution in [0.4, 0.5) is 20.2 Å². The van der Waals surface area contributed by atoms with Crippen LogP contribution in [0.15, 0.2) is 36.4 Å². The van der Waals surface area contributed by atoms with Gasteiger partial charge in [-0.05, 0) is 49.6 Å². The molecule has 138 valence electrons. The molecule has 1 aliphatic heterocycles. The standard InChI is InChI=1S/C20H22F2N2O2/c1-2-24-10-9-14-5-7-16(13-18(14)24)23-20(25)4-3-11-26-19-8-6-15(21)12-17(19)22/h5-8,12-13H,2-4,9-11H2,1H3,(H,23,25). The topological polar surface area (TPSA) is 41.6 Å². The van der Waals surface area contributed by atoms with Gasteiger partial charge in [0.2, 0.25) is 5.91 Å². The van der Waals surface area contributed by atoms with Crippen LogP contribution in [0, 0.1) is 11.6 Å². The highest BCUT2D eigenvalue weighted by Crippen LogP contribution is 2.30. The molecule has 2 aromatic carbocycles. The van der Waals surface area contributed by atoms with Gasteiger partial charge < -0.3 is 15.0 Å². The number of anilines is 2. The lowest BCUT2D eigenvalue weighted by Gasteiger charge is -2.17. The number of benzene rings is 2. The lowest BCUT2D eigenvalue weighted by molar-refractivity contribution is -0.116. The number of likely N-dealkylation sites (N-methyl/N-ethyl adjacent to an activating group) is 1. The van der Waals surface area contributed by atoms with E-state index in [0.29, 0.717) is 6.42 Å². The number of amides is 1. The highest BCUT2D eigenvalue weighted by Gasteiger charge is 2.18. The normalized spacial score (nSPS) is 12.8. The van der Waals surface area contributed by atoms with Gasteiger partial charge in [0, 0.05) is 37.0 Å². The van der Waals surface area contributed by atoms with Crippen molar-refractivity contribution in [3.63, 3.8) is 0 Å². The molecule has 1 aliphatic rings. The maximum absolute atomic E-state index is 13.4. The number of hydrogen-bond donors (Lipinski definition) is 1. The molecule has 4 nitrogen and oxygen atoms in total. The van der Waals surface area contributed by atoms with E-state index in [2.05, 4.69) is 23.2 Å². The number of nitrogens with zero attached hydrogens (tertiary/aromatic N) is 1. The Hall–Kier alpha value is -2.63. The van der Waals surface area contributed by atoms with E-state index in [0.717, 1.165) is 37.3 Å². The number of carbonyl (C=O) groups is 1. The van der Waals surface area contributed by atoms with Crippen molar-refractivity contribution in [1.82, 2.24) is 0 Å². The maximum Gasteiger partial charge on any atom is 0.224 e. The molecule has 6 heteroatoms. The SMILES string of the molecule is CCN1CCc2ccc(NC(=O)CCCOc3ccc(F)cc3F)cc21. The smallest absolute Gasteiger partial charge is 0.224 e. The van der Waals surface area contributed by atoms with Crippen LogP contribution in [0.3, 0.4) is 0 Å². The Morgan fingerprint density at radius 3 is 2.85 bits per heavy atom. The first kappa shape index (κ1) is 18.2. The number of fused-ring (bicyclic) bond motifs is 1. The van der Waals surface area contributed by atoms with E-state index in [1.807, 2.05) is 12.1 Å². The molecule has 0 aliphatic carbocycles. The van der Waals surface area contributed by atoms with Gasteiger partial charge >= 0.3 is 0 Å². The number of hydrogen-bond acceptors (Lipinski definition) is 3. The number of halogens is 2. The zero-order chi connectivity index (χ0) is 18.5. The molecule has 2 aromatic rings. The summed E-state index contributed by atoms with van der Waals surface area (Å²) in [5, 5.41) is 2.89. The molecule has 26 heavy (non-hydrogen) atoms. The Kier molecular flexibility index (Phi) is 5.71. The highest BCUT2D eigenvalue weighted by atomic mass is 19.1. The minimum absolute atomic E-state index is 0.00918. The van der Waals surface area contributed by atoms with Crippen LogP contribution in [-0.4, -0.2) is 25.6 Å². The Balaban J connectivity index is 1.46. The fourth-order valence-electron chi connectivity index (χ4n) is 3.08. The zero-order valence-electron chi connectivity index (χ0n) is 14.7. The average Bonchev–Trinajstić information content (AvgIpc) is 3.02. The van der Waals surface area contributed by atoms with E-state index in [9.17, 15) is 13.6 Å². The van der Waals surface area contributed by atoms with Crippen LogP contribution in [0.5, 0.6) is 5.75 Å². The molecular formula is C20H22F2N2O2. The van der Waals surface area contributed by atoms with Crippen LogP contribution in [-0.2, 0) is 11.2 Å². The zero-order valence-corrected chi connectivity index (χ0v) is 14.7. The molecule has 0 aromatic heterocycles. The molecule has 1 heterocycles. The van der Waals surface area contributed by atoms with Crippen molar-refractivity contribution in [2.24, 2.45) is 0 Å². The van der Waals surface area contributed by atoms with Crippen molar-refractivity contribution in [3.05, 3.63) is 53.6 Å². The summed E-state index contributed by atoms with van der Waals surface area (Å²) >= 11 is 0. The summed E-state index contributed by atoms with van der Waals surface area (Å²) in [6, 6.07) is 9.14. The lowest BCUT2D eigenvalue weighted by atomic mass is 10.1. The second-order valence-electron chi connectivity index (χ2n) is 6.25. The van der Waals surface area contributed by atoms with Gasteiger partial charge in [0.05, 0.1) is 6.61 Å². The van der Waals surface area contributed by atoms with E-state index in [1.54, 1.807) is 0 Å². The van der Waals surface area contributed by atoms with E-state index in [4.69, 9.17) is 4.74 Å². The molecule has 0 saturated carbocycles. The van der Waals surface area contributed by atoms with Crippen molar-refractivity contribution >= 4 is 17.3 Å². The fraction of sp³-hybridized carbons (Fsp3) is 0.350. The first-order valence-corrected chi connectivity index (χ1v) is 8.82. The van der Waals surface area contributed by atoms with Gasteiger partial charge in [-0.3, -0.25) is 4.79 Å². The van der Waals surface area contributed by atoms with Crippen molar-refractivity contribution in [3.8, 4) is 5.75 Å². The van der Waals surface area contributed by atoms with Gasteiger partial charge in [0.15, 0.2) is 11.6 Å². The molecule has 1 amide bonds. The van der Waals surface area contributed by atoms with Gasteiger partial charge in [-0.25, -0.2) is 8.78 Å². The molecule has 0 atom stereocenters. The lowest BCUT2D eigenvalue weighted by Crippen LogP contribution is -2.19. The van der Waals surface area contributed by atoms with Crippen LogP contribution in [0.2, 0.25) is 0 Å². The number of carbonyl (C=O) groups excluding carboxylic acids is 1. The first-order chi connectivity index (χ1) is 12.6. The third-order valence-corrected chi connectivity index (χ3v) is 4.44. The van der Waals surface area contributed by atoms with E-state index < -0.39 is 11.6 Å². The van der Waals surface area contributed by atoms with E-state index in [1.165, 1.54) is 17.3 Å². The summed E-state index contributed by atoms with van der Waals surface area (Å²) in [5.41, 5.74) is 3.26. The fourth-order valence-corrected chi connectivity index (χ4v) is 3.08. The largest absolute Gasteiger partial charge is 0.491 e. The van der Waals surface area contributed by atoms with Crippen LogP contribution < -0.4 is 15.0 Å². The minimum Gasteiger partial charge on any atom is -0.491 e. The molecule has 0 bridgehead atoms. The third-order valence-electron chi connectivity index (χ3n) is 4.44. The predicted octanol–water partition coefficient (Wildman–Crippen LogP) is 4.14. The van der Waals surface area contributed by atoms with E-state index in [-0.39, 0.29) is 24.7 Å². The summed E-state index contributed by atoms with van der Waals surface area (Å²) in [7, 11) is 0. The molecule has 1 N–H and O–H groups in total. The third kappa shape index (κ3) is 4.31. The van der Waals surface area contributed by atoms with Crippen molar-refractivity contribution in [2.45, 2.75) is 26.2 Å². The van der Waals surface area contributed by atoms with Crippen molar-refractivity contribution in [2.75, 3.05) is 29.9 Å². The monoisotopic (exact) mass is 360 g/mol. The summed E-state index contributed by atoms with van der Waals surface area (Å²) in [4.78, 5) is 14.4. The van der Waals surface area contributed by atoms with Crippen LogP contribution in [0.1, 0.15) is 25.3 Å². The molecule has 0 spiro atoms. The highest BCUT2D eigenvalue weighted by molar-refractivity contribution is 5.91. The Labute approximate surface area is 151 Å². The quantitative estimate of drug-likeness (QED) is 0.755. The van der Waals surface area contributed by atoms with Gasteiger partial charge in [-0.15, -0.1) is 0 Å². The van der Waals surface area contributed by atoms with Gasteiger partial charge in [0.1, 0.15) is 5.82 Å². The molecule has 0 saturated heterocycles. The van der Waals surface area contributed by atoms with Crippen LogP contribution in [0.25, 0.3) is 0 Å². The molecule has 0 unspecified atom stereocenters. The summed E-state index contributed by atoms with van der Waals surface area (Å²) < 4.78 is 31.5. The molecule has 0 radical (unpaired) electrons. The number of rotatable bonds is 7. The van der Waals surface area contributed by atoms with Crippen LogP contribution >= 0.6 is 0 Å². The molecule has 3 rings (SSSR count).